The molecule has 0 aromatic carbocycles. The van der Waals surface area contributed by atoms with Crippen LogP contribution in [0.3, 0.4) is 0 Å². The maximum absolute atomic E-state index is 9.19. The van der Waals surface area contributed by atoms with E-state index < -0.39 is 6.10 Å². The topological polar surface area (TPSA) is 98.3 Å². The van der Waals surface area contributed by atoms with E-state index >= 15 is 0 Å². The summed E-state index contributed by atoms with van der Waals surface area (Å²) in [5, 5.41) is 9.19. The Bertz CT molecular complexity index is 69.4. The van der Waals surface area contributed by atoms with E-state index in [0.29, 0.717) is 25.9 Å². The molecule has 0 aromatic heterocycles. The molecular weight excluding hydrogens is 130 g/mol. The highest BCUT2D eigenvalue weighted by Crippen LogP contribution is 1.97. The van der Waals surface area contributed by atoms with Gasteiger partial charge in [0.15, 0.2) is 0 Å². The third-order valence-corrected chi connectivity index (χ3v) is 1.46. The predicted molar refractivity (Wildman–Crippen MR) is 41.3 cm³/mol. The maximum atomic E-state index is 9.19. The molecule has 0 aliphatic heterocycles. The molecule has 0 radical (unpaired) electrons. The molecule has 0 bridgehead atoms. The van der Waals surface area contributed by atoms with Gasteiger partial charge < -0.3 is 22.3 Å². The molecule has 0 saturated carbocycles. The molecule has 0 heterocycles. The van der Waals surface area contributed by atoms with Crippen LogP contribution >= 0.6 is 0 Å². The smallest absolute Gasteiger partial charge is 0.0703 e. The minimum atomic E-state index is -0.492. The van der Waals surface area contributed by atoms with Gasteiger partial charge in [-0.15, -0.1) is 0 Å². The maximum Gasteiger partial charge on any atom is 0.0703 e. The Morgan fingerprint density at radius 2 is 1.60 bits per heavy atom. The zero-order valence-electron chi connectivity index (χ0n) is 6.16. The molecule has 0 amide bonds. The average Bonchev–Trinajstić information content (AvgIpc) is 1.89. The van der Waals surface area contributed by atoms with E-state index in [0.717, 1.165) is 0 Å². The molecule has 0 rings (SSSR count). The van der Waals surface area contributed by atoms with Crippen LogP contribution in [0.2, 0.25) is 0 Å². The van der Waals surface area contributed by atoms with Gasteiger partial charge in [-0.25, -0.2) is 0 Å². The van der Waals surface area contributed by atoms with E-state index in [1.54, 1.807) is 0 Å². The van der Waals surface area contributed by atoms with Gasteiger partial charge in [-0.3, -0.25) is 0 Å². The molecule has 62 valence electrons. The van der Waals surface area contributed by atoms with E-state index in [1.807, 2.05) is 0 Å². The fourth-order valence-corrected chi connectivity index (χ4v) is 0.770. The summed E-state index contributed by atoms with van der Waals surface area (Å²) in [7, 11) is 0. The number of nitrogens with two attached hydrogens (primary N) is 3. The van der Waals surface area contributed by atoms with Gasteiger partial charge in [-0.05, 0) is 25.9 Å². The quantitative estimate of drug-likeness (QED) is 0.375. The van der Waals surface area contributed by atoms with Crippen LogP contribution in [-0.2, 0) is 0 Å². The molecule has 2 unspecified atom stereocenters. The molecule has 4 nitrogen and oxygen atoms in total. The van der Waals surface area contributed by atoms with Crippen molar-refractivity contribution < 1.29 is 5.11 Å². The number of aliphatic hydroxyl groups is 1. The second-order valence-corrected chi connectivity index (χ2v) is 2.39. The highest BCUT2D eigenvalue weighted by atomic mass is 16.3. The van der Waals surface area contributed by atoms with E-state index in [9.17, 15) is 5.11 Å². The Balaban J connectivity index is 3.38. The first kappa shape index (κ1) is 9.84. The summed E-state index contributed by atoms with van der Waals surface area (Å²) in [6.45, 7) is 0.988. The fourth-order valence-electron chi connectivity index (χ4n) is 0.770. The Labute approximate surface area is 61.4 Å². The zero-order chi connectivity index (χ0) is 7.98. The van der Waals surface area contributed by atoms with Crippen molar-refractivity contribution in [2.75, 3.05) is 13.1 Å². The van der Waals surface area contributed by atoms with Crippen molar-refractivity contribution in [1.82, 2.24) is 0 Å². The van der Waals surface area contributed by atoms with E-state index in [-0.39, 0.29) is 6.04 Å². The highest BCUT2D eigenvalue weighted by molar-refractivity contribution is 4.71. The normalized spacial score (nSPS) is 16.8. The second-order valence-electron chi connectivity index (χ2n) is 2.39. The van der Waals surface area contributed by atoms with Crippen molar-refractivity contribution in [3.05, 3.63) is 0 Å². The lowest BCUT2D eigenvalue weighted by Gasteiger charge is -2.16. The summed E-state index contributed by atoms with van der Waals surface area (Å²) >= 11 is 0. The van der Waals surface area contributed by atoms with Gasteiger partial charge in [0.25, 0.3) is 0 Å². The van der Waals surface area contributed by atoms with E-state index in [1.165, 1.54) is 0 Å². The lowest BCUT2D eigenvalue weighted by Crippen LogP contribution is -2.37. The van der Waals surface area contributed by atoms with Gasteiger partial charge in [0.05, 0.1) is 6.10 Å². The Kier molecular flexibility index (Phi) is 5.52. The van der Waals surface area contributed by atoms with Crippen molar-refractivity contribution in [1.29, 1.82) is 0 Å². The molecule has 2 atom stereocenters. The van der Waals surface area contributed by atoms with Crippen LogP contribution in [-0.4, -0.2) is 30.3 Å². The summed E-state index contributed by atoms with van der Waals surface area (Å²) in [5.41, 5.74) is 16.0. The van der Waals surface area contributed by atoms with Crippen LogP contribution in [0.1, 0.15) is 12.8 Å². The predicted octanol–water partition coefficient (Wildman–Crippen LogP) is -1.63. The number of rotatable bonds is 5. The van der Waals surface area contributed by atoms with Gasteiger partial charge in [0, 0.05) is 6.04 Å². The molecule has 7 N–H and O–H groups in total. The van der Waals surface area contributed by atoms with Crippen LogP contribution in [0, 0.1) is 0 Å². The van der Waals surface area contributed by atoms with Gasteiger partial charge in [-0.2, -0.15) is 0 Å². The average molecular weight is 147 g/mol. The summed E-state index contributed by atoms with van der Waals surface area (Å²) in [4.78, 5) is 0. The second kappa shape index (κ2) is 5.61. The molecular formula is C6H17N3O. The first-order valence-electron chi connectivity index (χ1n) is 3.56. The Morgan fingerprint density at radius 3 is 2.00 bits per heavy atom. The van der Waals surface area contributed by atoms with Crippen molar-refractivity contribution in [3.8, 4) is 0 Å². The highest BCUT2D eigenvalue weighted by Gasteiger charge is 2.11. The van der Waals surface area contributed by atoms with E-state index in [4.69, 9.17) is 17.2 Å². The molecule has 10 heavy (non-hydrogen) atoms. The van der Waals surface area contributed by atoms with Gasteiger partial charge in [0.2, 0.25) is 0 Å². The van der Waals surface area contributed by atoms with Crippen molar-refractivity contribution in [3.63, 3.8) is 0 Å². The standard InChI is InChI=1S/C6H17N3O/c7-3-1-5(9)6(10)2-4-8/h5-6,10H,1-4,7-9H2. The number of hydrogen-bond donors (Lipinski definition) is 4. The van der Waals surface area contributed by atoms with Crippen molar-refractivity contribution in [2.45, 2.75) is 25.0 Å². The van der Waals surface area contributed by atoms with Gasteiger partial charge >= 0.3 is 0 Å². The molecule has 0 fully saturated rings. The summed E-state index contributed by atoms with van der Waals surface area (Å²) in [5.74, 6) is 0. The summed E-state index contributed by atoms with van der Waals surface area (Å²) in [6.07, 6.45) is 0.719. The lowest BCUT2D eigenvalue weighted by molar-refractivity contribution is 0.134. The molecule has 0 saturated heterocycles. The Hall–Kier alpha value is -0.160. The molecule has 4 heteroatoms. The molecule has 0 aromatic rings. The Morgan fingerprint density at radius 1 is 1.10 bits per heavy atom. The van der Waals surface area contributed by atoms with Crippen molar-refractivity contribution >= 4 is 0 Å². The van der Waals surface area contributed by atoms with Crippen LogP contribution in [0.5, 0.6) is 0 Å². The van der Waals surface area contributed by atoms with Crippen LogP contribution in [0.15, 0.2) is 0 Å². The largest absolute Gasteiger partial charge is 0.391 e. The summed E-state index contributed by atoms with van der Waals surface area (Å²) < 4.78 is 0. The number of hydrogen-bond acceptors (Lipinski definition) is 4. The minimum absolute atomic E-state index is 0.214. The summed E-state index contributed by atoms with van der Waals surface area (Å²) in [6, 6.07) is -0.214. The third kappa shape index (κ3) is 3.79. The first-order valence-corrected chi connectivity index (χ1v) is 3.56. The SMILES string of the molecule is NCCC(N)C(O)CCN. The van der Waals surface area contributed by atoms with Crippen molar-refractivity contribution in [2.24, 2.45) is 17.2 Å². The minimum Gasteiger partial charge on any atom is -0.391 e. The van der Waals surface area contributed by atoms with Crippen LogP contribution in [0.25, 0.3) is 0 Å². The fraction of sp³-hybridized carbons (Fsp3) is 1.00. The molecule has 0 spiro atoms. The molecule has 0 aliphatic carbocycles. The zero-order valence-corrected chi connectivity index (χ0v) is 6.16. The van der Waals surface area contributed by atoms with Crippen LogP contribution < -0.4 is 17.2 Å². The van der Waals surface area contributed by atoms with Gasteiger partial charge in [-0.1, -0.05) is 0 Å². The monoisotopic (exact) mass is 147 g/mol. The molecule has 0 aliphatic rings. The van der Waals surface area contributed by atoms with Gasteiger partial charge in [0.1, 0.15) is 0 Å². The lowest BCUT2D eigenvalue weighted by atomic mass is 10.1. The van der Waals surface area contributed by atoms with Crippen LogP contribution in [0.4, 0.5) is 0 Å². The number of aliphatic hydroxyl groups excluding tert-OH is 1. The first-order chi connectivity index (χ1) is 4.72. The third-order valence-electron chi connectivity index (χ3n) is 1.46. The van der Waals surface area contributed by atoms with E-state index in [2.05, 4.69) is 0 Å².